The Labute approximate surface area is 190 Å². The molecule has 0 bridgehead atoms. The van der Waals surface area contributed by atoms with Crippen molar-refractivity contribution in [3.63, 3.8) is 0 Å². The zero-order valence-electron chi connectivity index (χ0n) is 17.7. The van der Waals surface area contributed by atoms with Crippen molar-refractivity contribution in [1.29, 1.82) is 0 Å². The van der Waals surface area contributed by atoms with E-state index in [2.05, 4.69) is 51.1 Å². The lowest BCUT2D eigenvalue weighted by atomic mass is 10.2. The van der Waals surface area contributed by atoms with Crippen LogP contribution >= 0.6 is 22.9 Å². The Morgan fingerprint density at radius 2 is 1.94 bits per heavy atom. The number of pyridine rings is 1. The monoisotopic (exact) mass is 452 g/mol. The van der Waals surface area contributed by atoms with Crippen LogP contribution in [0.15, 0.2) is 42.6 Å². The number of likely N-dealkylation sites (N-methyl/N-ethyl adjacent to an activating group) is 1. The maximum atomic E-state index is 6.67. The van der Waals surface area contributed by atoms with E-state index in [9.17, 15) is 0 Å². The van der Waals surface area contributed by atoms with Crippen LogP contribution in [0.25, 0.3) is 21.5 Å². The first-order valence-electron chi connectivity index (χ1n) is 10.6. The first kappa shape index (κ1) is 20.3. The van der Waals surface area contributed by atoms with Crippen molar-refractivity contribution in [2.45, 2.75) is 13.8 Å². The molecule has 1 aliphatic heterocycles. The summed E-state index contributed by atoms with van der Waals surface area (Å²) in [6, 6.07) is 12.3. The fourth-order valence-corrected chi connectivity index (χ4v) is 5.21. The van der Waals surface area contributed by atoms with Gasteiger partial charge in [-0.2, -0.15) is 0 Å². The number of hydrogen-bond donors (Lipinski definition) is 2. The molecule has 6 nitrogen and oxygen atoms in total. The number of H-pyrrole nitrogens is 1. The average molecular weight is 453 g/mol. The maximum absolute atomic E-state index is 6.67. The van der Waals surface area contributed by atoms with E-state index in [1.807, 2.05) is 30.5 Å². The third kappa shape index (κ3) is 4.01. The SMILES string of the molecule is CCN1CCN(c2cccc(Nc3ncc(-c4[nH]c5c(C)cccc5c4Cl)s3)n2)CC1. The van der Waals surface area contributed by atoms with Gasteiger partial charge in [-0.15, -0.1) is 0 Å². The fraction of sp³-hybridized carbons (Fsp3) is 0.304. The van der Waals surface area contributed by atoms with Crippen LogP contribution < -0.4 is 10.2 Å². The minimum Gasteiger partial charge on any atom is -0.354 e. The number of nitrogens with zero attached hydrogens (tertiary/aromatic N) is 4. The van der Waals surface area contributed by atoms with Crippen LogP contribution in [0.5, 0.6) is 0 Å². The van der Waals surface area contributed by atoms with Crippen LogP contribution in [0.3, 0.4) is 0 Å². The molecule has 160 valence electrons. The van der Waals surface area contributed by atoms with Gasteiger partial charge in [0.1, 0.15) is 11.6 Å². The molecule has 0 atom stereocenters. The van der Waals surface area contributed by atoms with Crippen molar-refractivity contribution in [3.8, 4) is 10.6 Å². The van der Waals surface area contributed by atoms with E-state index in [0.717, 1.165) is 76.0 Å². The molecule has 4 aromatic rings. The van der Waals surface area contributed by atoms with Crippen molar-refractivity contribution < 1.29 is 0 Å². The van der Waals surface area contributed by atoms with Gasteiger partial charge in [-0.25, -0.2) is 9.97 Å². The number of benzene rings is 1. The van der Waals surface area contributed by atoms with Crippen molar-refractivity contribution in [2.75, 3.05) is 42.9 Å². The van der Waals surface area contributed by atoms with Gasteiger partial charge in [0.15, 0.2) is 5.13 Å². The predicted molar refractivity (Wildman–Crippen MR) is 131 cm³/mol. The zero-order valence-corrected chi connectivity index (χ0v) is 19.2. The number of fused-ring (bicyclic) bond motifs is 1. The molecule has 0 saturated carbocycles. The van der Waals surface area contributed by atoms with Crippen LogP contribution in [0, 0.1) is 6.92 Å². The summed E-state index contributed by atoms with van der Waals surface area (Å²) in [5.74, 6) is 1.81. The molecule has 2 N–H and O–H groups in total. The number of halogens is 1. The van der Waals surface area contributed by atoms with Crippen LogP contribution in [0.4, 0.5) is 16.8 Å². The Kier molecular flexibility index (Phi) is 5.56. The maximum Gasteiger partial charge on any atom is 0.188 e. The molecule has 1 aromatic carbocycles. The van der Waals surface area contributed by atoms with Gasteiger partial charge >= 0.3 is 0 Å². The van der Waals surface area contributed by atoms with Crippen LogP contribution in [0.2, 0.25) is 5.02 Å². The van der Waals surface area contributed by atoms with E-state index < -0.39 is 0 Å². The highest BCUT2D eigenvalue weighted by Gasteiger charge is 2.18. The molecular formula is C23H25ClN6S. The largest absolute Gasteiger partial charge is 0.354 e. The molecule has 0 amide bonds. The van der Waals surface area contributed by atoms with Gasteiger partial charge < -0.3 is 20.1 Å². The molecule has 0 spiro atoms. The number of rotatable bonds is 5. The van der Waals surface area contributed by atoms with E-state index in [4.69, 9.17) is 16.6 Å². The van der Waals surface area contributed by atoms with Gasteiger partial charge in [-0.05, 0) is 31.2 Å². The molecule has 5 rings (SSSR count). The Hall–Kier alpha value is -2.61. The second-order valence-electron chi connectivity index (χ2n) is 7.77. The lowest BCUT2D eigenvalue weighted by molar-refractivity contribution is 0.270. The molecule has 1 saturated heterocycles. The highest BCUT2D eigenvalue weighted by Crippen LogP contribution is 2.39. The topological polar surface area (TPSA) is 60.1 Å². The Balaban J connectivity index is 1.35. The average Bonchev–Trinajstić information content (AvgIpc) is 3.39. The van der Waals surface area contributed by atoms with Gasteiger partial charge in [0.25, 0.3) is 0 Å². The number of nitrogens with one attached hydrogen (secondary N) is 2. The normalized spacial score (nSPS) is 15.0. The summed E-state index contributed by atoms with van der Waals surface area (Å²) in [6.07, 6.45) is 1.85. The van der Waals surface area contributed by atoms with Crippen molar-refractivity contribution >= 4 is 50.6 Å². The first-order chi connectivity index (χ1) is 15.1. The number of thiazole rings is 1. The lowest BCUT2D eigenvalue weighted by Gasteiger charge is -2.34. The number of anilines is 3. The third-order valence-electron chi connectivity index (χ3n) is 5.84. The minimum absolute atomic E-state index is 0.736. The predicted octanol–water partition coefficient (Wildman–Crippen LogP) is 5.53. The summed E-state index contributed by atoms with van der Waals surface area (Å²) in [5, 5.41) is 5.93. The van der Waals surface area contributed by atoms with Crippen LogP contribution in [-0.2, 0) is 0 Å². The van der Waals surface area contributed by atoms with E-state index in [1.165, 1.54) is 5.56 Å². The molecule has 0 aliphatic carbocycles. The summed E-state index contributed by atoms with van der Waals surface area (Å²) < 4.78 is 0. The number of aromatic amines is 1. The quantitative estimate of drug-likeness (QED) is 0.416. The van der Waals surface area contributed by atoms with Crippen molar-refractivity contribution in [1.82, 2.24) is 19.9 Å². The van der Waals surface area contributed by atoms with E-state index in [-0.39, 0.29) is 0 Å². The lowest BCUT2D eigenvalue weighted by Crippen LogP contribution is -2.46. The van der Waals surface area contributed by atoms with Gasteiger partial charge in [0, 0.05) is 37.8 Å². The van der Waals surface area contributed by atoms with E-state index >= 15 is 0 Å². The van der Waals surface area contributed by atoms with Crippen molar-refractivity contribution in [2.24, 2.45) is 0 Å². The van der Waals surface area contributed by atoms with Gasteiger partial charge in [0.05, 0.1) is 21.1 Å². The molecule has 1 aliphatic rings. The molecule has 0 unspecified atom stereocenters. The first-order valence-corrected chi connectivity index (χ1v) is 11.8. The smallest absolute Gasteiger partial charge is 0.188 e. The van der Waals surface area contributed by atoms with E-state index in [1.54, 1.807) is 11.3 Å². The number of aryl methyl sites for hydroxylation is 1. The Morgan fingerprint density at radius 3 is 2.71 bits per heavy atom. The fourth-order valence-electron chi connectivity index (χ4n) is 4.02. The Morgan fingerprint density at radius 1 is 1.13 bits per heavy atom. The van der Waals surface area contributed by atoms with Crippen LogP contribution in [0.1, 0.15) is 12.5 Å². The summed E-state index contributed by atoms with van der Waals surface area (Å²) in [4.78, 5) is 18.6. The number of para-hydroxylation sites is 1. The van der Waals surface area contributed by atoms with Gasteiger partial charge in [-0.1, -0.05) is 54.1 Å². The minimum atomic E-state index is 0.736. The molecule has 3 aromatic heterocycles. The van der Waals surface area contributed by atoms with Crippen LogP contribution in [-0.4, -0.2) is 52.6 Å². The zero-order chi connectivity index (χ0) is 21.4. The van der Waals surface area contributed by atoms with Crippen molar-refractivity contribution in [3.05, 3.63) is 53.2 Å². The molecule has 31 heavy (non-hydrogen) atoms. The second kappa shape index (κ2) is 8.49. The Bertz CT molecular complexity index is 1210. The highest BCUT2D eigenvalue weighted by atomic mass is 35.5. The molecule has 4 heterocycles. The summed E-state index contributed by atoms with van der Waals surface area (Å²) in [7, 11) is 0. The number of piperazine rings is 1. The molecule has 0 radical (unpaired) electrons. The number of hydrogen-bond acceptors (Lipinski definition) is 6. The standard InChI is InChI=1S/C23H25ClN6S/c1-3-29-10-12-30(13-11-29)19-9-5-8-18(26-19)27-23-25-14-17(31-23)22-20(24)16-7-4-6-15(2)21(16)28-22/h4-9,14,28H,3,10-13H2,1-2H3,(H,25,26,27). The summed E-state index contributed by atoms with van der Waals surface area (Å²) in [6.45, 7) is 9.57. The number of aromatic nitrogens is 3. The van der Waals surface area contributed by atoms with Gasteiger partial charge in [0.2, 0.25) is 0 Å². The summed E-state index contributed by atoms with van der Waals surface area (Å²) in [5.41, 5.74) is 3.16. The molecule has 8 heteroatoms. The second-order valence-corrected chi connectivity index (χ2v) is 9.18. The third-order valence-corrected chi connectivity index (χ3v) is 7.17. The van der Waals surface area contributed by atoms with Gasteiger partial charge in [-0.3, -0.25) is 0 Å². The highest BCUT2D eigenvalue weighted by molar-refractivity contribution is 7.19. The van der Waals surface area contributed by atoms with E-state index in [0.29, 0.717) is 0 Å². The summed E-state index contributed by atoms with van der Waals surface area (Å²) >= 11 is 8.23. The molecular weight excluding hydrogens is 428 g/mol. The molecule has 1 fully saturated rings.